The van der Waals surface area contributed by atoms with Crippen LogP contribution in [0.15, 0.2) is 23.3 Å². The third-order valence-electron chi connectivity index (χ3n) is 1.29. The molecule has 0 aliphatic heterocycles. The molecule has 0 fully saturated rings. The van der Waals surface area contributed by atoms with Crippen LogP contribution in [-0.4, -0.2) is 13.3 Å². The van der Waals surface area contributed by atoms with Gasteiger partial charge in [-0.1, -0.05) is 29.3 Å². The summed E-state index contributed by atoms with van der Waals surface area (Å²) in [7, 11) is 1.73. The first-order valence-electron chi connectivity index (χ1n) is 3.39. The summed E-state index contributed by atoms with van der Waals surface area (Å²) in [6, 6.07) is 5.33. The summed E-state index contributed by atoms with van der Waals surface area (Å²) in [5, 5.41) is 4.93. The lowest BCUT2D eigenvalue weighted by Gasteiger charge is -1.96. The van der Waals surface area contributed by atoms with Crippen LogP contribution in [0.3, 0.4) is 0 Å². The molecule has 0 aliphatic rings. The molecule has 1 aromatic rings. The molecule has 0 spiro atoms. The van der Waals surface area contributed by atoms with Crippen LogP contribution in [0.25, 0.3) is 0 Å². The molecular weight excluding hydrogens is 195 g/mol. The Morgan fingerprint density at radius 3 is 2.67 bits per heavy atom. The number of hydrazone groups is 1. The third kappa shape index (κ3) is 2.40. The fourth-order valence-electron chi connectivity index (χ4n) is 0.732. The Bertz CT molecular complexity index is 297. The van der Waals surface area contributed by atoms with E-state index in [1.165, 1.54) is 0 Å². The summed E-state index contributed by atoms with van der Waals surface area (Å²) < 4.78 is 0. The minimum absolute atomic E-state index is 0.539. The first kappa shape index (κ1) is 9.36. The fourth-order valence-corrected chi connectivity index (χ4v) is 1.04. The molecule has 0 saturated carbocycles. The van der Waals surface area contributed by atoms with Gasteiger partial charge >= 0.3 is 0 Å². The second-order valence-electron chi connectivity index (χ2n) is 2.16. The maximum atomic E-state index is 5.78. The highest BCUT2D eigenvalue weighted by Crippen LogP contribution is 2.21. The van der Waals surface area contributed by atoms with Crippen molar-refractivity contribution in [1.29, 1.82) is 0 Å². The molecular formula is C8H8Cl2N2. The van der Waals surface area contributed by atoms with Gasteiger partial charge < -0.3 is 5.43 Å². The van der Waals surface area contributed by atoms with Crippen LogP contribution < -0.4 is 5.43 Å². The molecule has 1 rings (SSSR count). The van der Waals surface area contributed by atoms with Crippen molar-refractivity contribution in [1.82, 2.24) is 5.43 Å². The van der Waals surface area contributed by atoms with Gasteiger partial charge in [0.05, 0.1) is 16.3 Å². The lowest BCUT2D eigenvalue weighted by molar-refractivity contribution is 0.908. The van der Waals surface area contributed by atoms with E-state index in [9.17, 15) is 0 Å². The monoisotopic (exact) mass is 202 g/mol. The zero-order valence-corrected chi connectivity index (χ0v) is 8.02. The molecule has 1 aromatic carbocycles. The summed E-state index contributed by atoms with van der Waals surface area (Å²) in [6.07, 6.45) is 1.67. The predicted molar refractivity (Wildman–Crippen MR) is 53.1 cm³/mol. The fraction of sp³-hybridized carbons (Fsp3) is 0.125. The normalized spacial score (nSPS) is 10.6. The average Bonchev–Trinajstić information content (AvgIpc) is 2.07. The largest absolute Gasteiger partial charge is 0.313 e. The minimum Gasteiger partial charge on any atom is -0.313 e. The summed E-state index contributed by atoms with van der Waals surface area (Å²) in [5.41, 5.74) is 3.56. The molecule has 0 bridgehead atoms. The summed E-state index contributed by atoms with van der Waals surface area (Å²) >= 11 is 11.5. The van der Waals surface area contributed by atoms with E-state index < -0.39 is 0 Å². The lowest BCUT2D eigenvalue weighted by atomic mass is 10.2. The molecule has 1 N–H and O–H groups in total. The van der Waals surface area contributed by atoms with E-state index >= 15 is 0 Å². The Hall–Kier alpha value is -0.730. The Morgan fingerprint density at radius 2 is 2.08 bits per heavy atom. The number of halogens is 2. The SMILES string of the molecule is CN/N=C/c1ccc(Cl)c(Cl)c1. The van der Waals surface area contributed by atoms with E-state index in [-0.39, 0.29) is 0 Å². The second-order valence-corrected chi connectivity index (χ2v) is 2.97. The smallest absolute Gasteiger partial charge is 0.0598 e. The van der Waals surface area contributed by atoms with Crippen molar-refractivity contribution in [3.05, 3.63) is 33.8 Å². The average molecular weight is 203 g/mol. The van der Waals surface area contributed by atoms with Gasteiger partial charge in [-0.15, -0.1) is 0 Å². The van der Waals surface area contributed by atoms with E-state index in [1.807, 2.05) is 6.07 Å². The van der Waals surface area contributed by atoms with Gasteiger partial charge in [0, 0.05) is 7.05 Å². The molecule has 4 heteroatoms. The van der Waals surface area contributed by atoms with Crippen LogP contribution in [0, 0.1) is 0 Å². The van der Waals surface area contributed by atoms with Gasteiger partial charge in [0.25, 0.3) is 0 Å². The Balaban J connectivity index is 2.89. The van der Waals surface area contributed by atoms with Crippen LogP contribution in [-0.2, 0) is 0 Å². The van der Waals surface area contributed by atoms with Crippen molar-refractivity contribution in [2.24, 2.45) is 5.10 Å². The number of nitrogens with zero attached hydrogens (tertiary/aromatic N) is 1. The molecule has 12 heavy (non-hydrogen) atoms. The lowest BCUT2D eigenvalue weighted by Crippen LogP contribution is -1.94. The maximum absolute atomic E-state index is 5.78. The molecule has 0 aliphatic carbocycles. The summed E-state index contributed by atoms with van der Waals surface area (Å²) in [6.45, 7) is 0. The molecule has 0 unspecified atom stereocenters. The number of hydrogen-bond acceptors (Lipinski definition) is 2. The molecule has 0 aromatic heterocycles. The van der Waals surface area contributed by atoms with E-state index in [4.69, 9.17) is 23.2 Å². The van der Waals surface area contributed by atoms with Crippen LogP contribution in [0.4, 0.5) is 0 Å². The topological polar surface area (TPSA) is 24.4 Å². The van der Waals surface area contributed by atoms with Crippen molar-refractivity contribution in [3.8, 4) is 0 Å². The van der Waals surface area contributed by atoms with E-state index in [1.54, 1.807) is 25.4 Å². The molecule has 0 amide bonds. The highest BCUT2D eigenvalue weighted by Gasteiger charge is 1.96. The zero-order valence-electron chi connectivity index (χ0n) is 6.51. The standard InChI is InChI=1S/C8H8Cl2N2/c1-11-12-5-6-2-3-7(9)8(10)4-6/h2-5,11H,1H3/b12-5+. The van der Waals surface area contributed by atoms with Gasteiger partial charge in [0.1, 0.15) is 0 Å². The van der Waals surface area contributed by atoms with Crippen LogP contribution in [0.2, 0.25) is 10.0 Å². The predicted octanol–water partition coefficient (Wildman–Crippen LogP) is 2.55. The highest BCUT2D eigenvalue weighted by molar-refractivity contribution is 6.42. The van der Waals surface area contributed by atoms with Crippen molar-refractivity contribution in [2.45, 2.75) is 0 Å². The first-order chi connectivity index (χ1) is 5.74. The third-order valence-corrected chi connectivity index (χ3v) is 2.03. The van der Waals surface area contributed by atoms with E-state index in [0.717, 1.165) is 5.56 Å². The summed E-state index contributed by atoms with van der Waals surface area (Å²) in [5.74, 6) is 0. The van der Waals surface area contributed by atoms with Gasteiger partial charge in [0.2, 0.25) is 0 Å². The highest BCUT2D eigenvalue weighted by atomic mass is 35.5. The van der Waals surface area contributed by atoms with Gasteiger partial charge in [-0.25, -0.2) is 0 Å². The first-order valence-corrected chi connectivity index (χ1v) is 4.14. The Labute approximate surface area is 81.2 Å². The van der Waals surface area contributed by atoms with E-state index in [0.29, 0.717) is 10.0 Å². The number of nitrogens with one attached hydrogen (secondary N) is 1. The number of rotatable bonds is 2. The van der Waals surface area contributed by atoms with Crippen molar-refractivity contribution in [2.75, 3.05) is 7.05 Å². The second kappa shape index (κ2) is 4.33. The number of benzene rings is 1. The molecule has 0 saturated heterocycles. The van der Waals surface area contributed by atoms with Crippen molar-refractivity contribution in [3.63, 3.8) is 0 Å². The Morgan fingerprint density at radius 1 is 1.33 bits per heavy atom. The quantitative estimate of drug-likeness (QED) is 0.579. The molecule has 0 heterocycles. The number of hydrogen-bond donors (Lipinski definition) is 1. The maximum Gasteiger partial charge on any atom is 0.0598 e. The molecule has 0 atom stereocenters. The van der Waals surface area contributed by atoms with Gasteiger partial charge in [0.15, 0.2) is 0 Å². The molecule has 2 nitrogen and oxygen atoms in total. The van der Waals surface area contributed by atoms with Gasteiger partial charge in [-0.05, 0) is 17.7 Å². The van der Waals surface area contributed by atoms with Crippen LogP contribution >= 0.6 is 23.2 Å². The molecule has 64 valence electrons. The van der Waals surface area contributed by atoms with Crippen molar-refractivity contribution < 1.29 is 0 Å². The zero-order chi connectivity index (χ0) is 8.97. The minimum atomic E-state index is 0.539. The Kier molecular flexibility index (Phi) is 3.38. The molecule has 0 radical (unpaired) electrons. The van der Waals surface area contributed by atoms with Crippen molar-refractivity contribution >= 4 is 29.4 Å². The van der Waals surface area contributed by atoms with Gasteiger partial charge in [-0.3, -0.25) is 0 Å². The van der Waals surface area contributed by atoms with Crippen LogP contribution in [0.1, 0.15) is 5.56 Å². The van der Waals surface area contributed by atoms with Crippen LogP contribution in [0.5, 0.6) is 0 Å². The summed E-state index contributed by atoms with van der Waals surface area (Å²) in [4.78, 5) is 0. The van der Waals surface area contributed by atoms with E-state index in [2.05, 4.69) is 10.5 Å². The van der Waals surface area contributed by atoms with Gasteiger partial charge in [-0.2, -0.15) is 5.10 Å².